The molecule has 8 heteroatoms. The lowest BCUT2D eigenvalue weighted by Gasteiger charge is -2.35. The normalized spacial score (nSPS) is 19.9. The first-order chi connectivity index (χ1) is 8.47. The van der Waals surface area contributed by atoms with E-state index in [4.69, 9.17) is 4.74 Å². The predicted molar refractivity (Wildman–Crippen MR) is 70.2 cm³/mol. The fourth-order valence-corrected chi connectivity index (χ4v) is 4.22. The molecule has 1 saturated heterocycles. The molecule has 1 aromatic rings. The Morgan fingerprint density at radius 1 is 1.56 bits per heavy atom. The van der Waals surface area contributed by atoms with E-state index in [0.29, 0.717) is 37.2 Å². The van der Waals surface area contributed by atoms with Gasteiger partial charge in [0.15, 0.2) is 5.03 Å². The summed E-state index contributed by atoms with van der Waals surface area (Å²) in [5, 5.41) is 0.669. The number of imidazole rings is 1. The summed E-state index contributed by atoms with van der Waals surface area (Å²) in [5.41, 5.74) is -0.476. The Morgan fingerprint density at radius 2 is 2.22 bits per heavy atom. The van der Waals surface area contributed by atoms with Crippen molar-refractivity contribution in [2.45, 2.75) is 30.3 Å². The minimum absolute atomic E-state index is 0.104. The molecule has 18 heavy (non-hydrogen) atoms. The van der Waals surface area contributed by atoms with Gasteiger partial charge in [0.2, 0.25) is 0 Å². The fraction of sp³-hybridized carbons (Fsp3) is 0.700. The van der Waals surface area contributed by atoms with Gasteiger partial charge in [-0.1, -0.05) is 15.9 Å². The van der Waals surface area contributed by atoms with Gasteiger partial charge >= 0.3 is 0 Å². The molecular formula is C10H16BrN3O3S. The van der Waals surface area contributed by atoms with E-state index in [0.717, 1.165) is 0 Å². The van der Waals surface area contributed by atoms with Gasteiger partial charge < -0.3 is 9.72 Å². The summed E-state index contributed by atoms with van der Waals surface area (Å²) in [5.74, 6) is 0.579. The Bertz CT molecular complexity index is 508. The molecule has 2 rings (SSSR count). The van der Waals surface area contributed by atoms with Gasteiger partial charge in [-0.05, 0) is 19.8 Å². The van der Waals surface area contributed by atoms with E-state index in [2.05, 4.69) is 30.6 Å². The van der Waals surface area contributed by atoms with Crippen LogP contribution in [0.4, 0.5) is 0 Å². The second kappa shape index (κ2) is 5.28. The van der Waals surface area contributed by atoms with Crippen LogP contribution in [0.2, 0.25) is 0 Å². The third kappa shape index (κ3) is 2.93. The van der Waals surface area contributed by atoms with Crippen molar-refractivity contribution in [1.29, 1.82) is 0 Å². The Morgan fingerprint density at radius 3 is 2.72 bits per heavy atom. The summed E-state index contributed by atoms with van der Waals surface area (Å²) in [6.07, 6.45) is 2.65. The lowest BCUT2D eigenvalue weighted by molar-refractivity contribution is 0.0557. The average molecular weight is 338 g/mol. The van der Waals surface area contributed by atoms with Gasteiger partial charge in [-0.3, -0.25) is 0 Å². The predicted octanol–water partition coefficient (Wildman–Crippen LogP) is 0.941. The number of H-pyrrole nitrogens is 1. The maximum Gasteiger partial charge on any atom is 0.258 e. The summed E-state index contributed by atoms with van der Waals surface area (Å²) in [4.78, 5) is 6.65. The lowest BCUT2D eigenvalue weighted by Crippen LogP contribution is -2.53. The number of alkyl halides is 1. The molecule has 1 aliphatic heterocycles. The average Bonchev–Trinajstić information content (AvgIpc) is 2.77. The number of nitrogens with zero attached hydrogens (tertiary/aromatic N) is 1. The Kier molecular flexibility index (Phi) is 4.10. The first kappa shape index (κ1) is 14.0. The Balaban J connectivity index is 2.21. The number of aromatic amines is 1. The molecule has 1 fully saturated rings. The minimum atomic E-state index is -3.56. The van der Waals surface area contributed by atoms with Crippen LogP contribution in [0.3, 0.4) is 0 Å². The maximum absolute atomic E-state index is 12.2. The molecule has 6 nitrogen and oxygen atoms in total. The lowest BCUT2D eigenvalue weighted by atomic mass is 9.94. The fourth-order valence-electron chi connectivity index (χ4n) is 1.90. The van der Waals surface area contributed by atoms with E-state index in [1.807, 2.05) is 0 Å². The first-order valence-electron chi connectivity index (χ1n) is 5.67. The number of rotatable bonds is 4. The van der Waals surface area contributed by atoms with Gasteiger partial charge in [-0.15, -0.1) is 0 Å². The van der Waals surface area contributed by atoms with Crippen molar-refractivity contribution in [3.63, 3.8) is 0 Å². The van der Waals surface area contributed by atoms with Crippen LogP contribution in [-0.4, -0.2) is 42.5 Å². The van der Waals surface area contributed by atoms with E-state index in [9.17, 15) is 8.42 Å². The Hall–Kier alpha value is -0.440. The number of ether oxygens (including phenoxy) is 1. The highest BCUT2D eigenvalue weighted by atomic mass is 79.9. The summed E-state index contributed by atoms with van der Waals surface area (Å²) < 4.78 is 32.5. The van der Waals surface area contributed by atoms with Crippen LogP contribution in [0.15, 0.2) is 11.2 Å². The van der Waals surface area contributed by atoms with Crippen molar-refractivity contribution in [2.75, 3.05) is 18.5 Å². The van der Waals surface area contributed by atoms with Crippen molar-refractivity contribution in [2.24, 2.45) is 0 Å². The highest BCUT2D eigenvalue weighted by Gasteiger charge is 2.36. The quantitative estimate of drug-likeness (QED) is 0.801. The van der Waals surface area contributed by atoms with Gasteiger partial charge in [-0.25, -0.2) is 18.1 Å². The van der Waals surface area contributed by atoms with Crippen LogP contribution in [0.25, 0.3) is 0 Å². The van der Waals surface area contributed by atoms with Gasteiger partial charge in [0, 0.05) is 24.1 Å². The molecule has 0 aliphatic carbocycles. The van der Waals surface area contributed by atoms with Gasteiger partial charge in [0.25, 0.3) is 10.0 Å². The van der Waals surface area contributed by atoms with Crippen LogP contribution >= 0.6 is 15.9 Å². The number of sulfonamides is 1. The molecule has 2 heterocycles. The molecule has 2 N–H and O–H groups in total. The van der Waals surface area contributed by atoms with Crippen LogP contribution in [-0.2, 0) is 14.8 Å². The van der Waals surface area contributed by atoms with Crippen molar-refractivity contribution in [3.8, 4) is 0 Å². The van der Waals surface area contributed by atoms with Crippen LogP contribution in [0.5, 0.6) is 0 Å². The molecule has 0 saturated carbocycles. The molecule has 0 bridgehead atoms. The summed E-state index contributed by atoms with van der Waals surface area (Å²) in [6, 6.07) is 0. The van der Waals surface area contributed by atoms with E-state index < -0.39 is 15.6 Å². The van der Waals surface area contributed by atoms with Crippen LogP contribution < -0.4 is 4.72 Å². The molecule has 1 aromatic heterocycles. The van der Waals surface area contributed by atoms with Gasteiger partial charge in [-0.2, -0.15) is 0 Å². The van der Waals surface area contributed by atoms with E-state index in [1.165, 1.54) is 6.20 Å². The van der Waals surface area contributed by atoms with Gasteiger partial charge in [0.05, 0.1) is 6.20 Å². The molecule has 0 spiro atoms. The number of aromatic nitrogens is 2. The van der Waals surface area contributed by atoms with Gasteiger partial charge in [0.1, 0.15) is 5.82 Å². The van der Waals surface area contributed by atoms with Crippen LogP contribution in [0, 0.1) is 6.92 Å². The van der Waals surface area contributed by atoms with Crippen LogP contribution in [0.1, 0.15) is 18.7 Å². The Labute approximate surface area is 115 Å². The third-order valence-corrected chi connectivity index (χ3v) is 5.59. The molecule has 102 valence electrons. The van der Waals surface area contributed by atoms with Crippen molar-refractivity contribution < 1.29 is 13.2 Å². The first-order valence-corrected chi connectivity index (χ1v) is 8.27. The smallest absolute Gasteiger partial charge is 0.258 e. The standard InChI is InChI=1S/C10H16BrN3O3S/c1-8-12-6-9(13-8)18(15,16)14-10(7-11)2-4-17-5-3-10/h6,14H,2-5,7H2,1H3,(H,12,13). The van der Waals surface area contributed by atoms with E-state index >= 15 is 0 Å². The molecule has 0 atom stereocenters. The van der Waals surface area contributed by atoms with E-state index in [-0.39, 0.29) is 5.03 Å². The summed E-state index contributed by atoms with van der Waals surface area (Å²) >= 11 is 3.39. The molecule has 0 radical (unpaired) electrons. The molecule has 0 aromatic carbocycles. The number of nitrogens with one attached hydrogen (secondary N) is 2. The number of hydrogen-bond acceptors (Lipinski definition) is 4. The highest BCUT2D eigenvalue weighted by Crippen LogP contribution is 2.25. The SMILES string of the molecule is Cc1ncc(S(=O)(=O)NC2(CBr)CCOCC2)[nH]1. The molecule has 0 unspecified atom stereocenters. The zero-order valence-electron chi connectivity index (χ0n) is 10.1. The molecule has 1 aliphatic rings. The van der Waals surface area contributed by atoms with Crippen molar-refractivity contribution in [3.05, 3.63) is 12.0 Å². The zero-order valence-corrected chi connectivity index (χ0v) is 12.5. The molecular weight excluding hydrogens is 322 g/mol. The number of hydrogen-bond donors (Lipinski definition) is 2. The highest BCUT2D eigenvalue weighted by molar-refractivity contribution is 9.09. The minimum Gasteiger partial charge on any atom is -0.381 e. The monoisotopic (exact) mass is 337 g/mol. The third-order valence-electron chi connectivity index (χ3n) is 3.03. The number of halogens is 1. The van der Waals surface area contributed by atoms with Crippen molar-refractivity contribution >= 4 is 26.0 Å². The molecule has 0 amide bonds. The summed E-state index contributed by atoms with van der Waals surface area (Å²) in [6.45, 7) is 2.85. The van der Waals surface area contributed by atoms with Crippen molar-refractivity contribution in [1.82, 2.24) is 14.7 Å². The maximum atomic E-state index is 12.2. The second-order valence-corrected chi connectivity index (χ2v) is 6.68. The summed E-state index contributed by atoms with van der Waals surface area (Å²) in [7, 11) is -3.56. The topological polar surface area (TPSA) is 84.1 Å². The van der Waals surface area contributed by atoms with E-state index in [1.54, 1.807) is 6.92 Å². The largest absolute Gasteiger partial charge is 0.381 e. The zero-order chi connectivity index (χ0) is 13.2. The second-order valence-electron chi connectivity index (χ2n) is 4.46. The number of aryl methyl sites for hydroxylation is 1.